The third-order valence-electron chi connectivity index (χ3n) is 3.42. The minimum Gasteiger partial charge on any atom is -0.352 e. The average Bonchev–Trinajstić information content (AvgIpc) is 3.03. The molecule has 0 saturated heterocycles. The number of benzene rings is 2. The van der Waals surface area contributed by atoms with Crippen molar-refractivity contribution in [2.75, 3.05) is 11.9 Å². The molecule has 0 bridgehead atoms. The van der Waals surface area contributed by atoms with E-state index in [2.05, 4.69) is 15.6 Å². The molecular weight excluding hydrogens is 334 g/mol. The molecule has 0 atom stereocenters. The highest BCUT2D eigenvalue weighted by atomic mass is 32.1. The number of para-hydroxylation sites is 1. The highest BCUT2D eigenvalue weighted by Gasteiger charge is 2.06. The van der Waals surface area contributed by atoms with Gasteiger partial charge in [0.15, 0.2) is 0 Å². The van der Waals surface area contributed by atoms with Crippen molar-refractivity contribution < 1.29 is 9.59 Å². The van der Waals surface area contributed by atoms with E-state index >= 15 is 0 Å². The predicted molar refractivity (Wildman–Crippen MR) is 102 cm³/mol. The fraction of sp³-hybridized carbons (Fsp3) is 0.105. The van der Waals surface area contributed by atoms with E-state index in [0.717, 1.165) is 15.2 Å². The number of nitrogens with zero attached hydrogens (tertiary/aromatic N) is 1. The van der Waals surface area contributed by atoms with E-state index in [-0.39, 0.29) is 11.8 Å². The van der Waals surface area contributed by atoms with E-state index < -0.39 is 0 Å². The predicted octanol–water partition coefficient (Wildman–Crippen LogP) is 3.70. The summed E-state index contributed by atoms with van der Waals surface area (Å²) in [6.45, 7) is 2.41. The summed E-state index contributed by atoms with van der Waals surface area (Å²) in [6, 6.07) is 14.7. The molecule has 25 heavy (non-hydrogen) atoms. The number of thiazole rings is 1. The van der Waals surface area contributed by atoms with E-state index in [9.17, 15) is 9.59 Å². The molecule has 0 unspecified atom stereocenters. The minimum absolute atomic E-state index is 0.163. The van der Waals surface area contributed by atoms with Gasteiger partial charge in [-0.1, -0.05) is 18.2 Å². The molecule has 126 valence electrons. The summed E-state index contributed by atoms with van der Waals surface area (Å²) in [5.74, 6) is -0.434. The van der Waals surface area contributed by atoms with Crippen LogP contribution in [-0.4, -0.2) is 23.3 Å². The number of hydrogen-bond donors (Lipinski definition) is 2. The second-order valence-electron chi connectivity index (χ2n) is 5.28. The molecule has 6 heteroatoms. The SMILES string of the molecule is CCNC(=O)c1cccc(NC(=O)/C=C/c2nc3ccccc3s2)c1. The highest BCUT2D eigenvalue weighted by Crippen LogP contribution is 2.22. The molecular formula is C19H17N3O2S. The summed E-state index contributed by atoms with van der Waals surface area (Å²) in [4.78, 5) is 28.4. The second-order valence-corrected chi connectivity index (χ2v) is 6.34. The Balaban J connectivity index is 1.67. The van der Waals surface area contributed by atoms with Crippen LogP contribution >= 0.6 is 11.3 Å². The average molecular weight is 351 g/mol. The molecule has 1 heterocycles. The van der Waals surface area contributed by atoms with Gasteiger partial charge in [-0.05, 0) is 43.3 Å². The van der Waals surface area contributed by atoms with Crippen LogP contribution < -0.4 is 10.6 Å². The smallest absolute Gasteiger partial charge is 0.251 e. The van der Waals surface area contributed by atoms with Gasteiger partial charge in [-0.2, -0.15) is 0 Å². The van der Waals surface area contributed by atoms with Crippen molar-refractivity contribution in [3.63, 3.8) is 0 Å². The fourth-order valence-corrected chi connectivity index (χ4v) is 3.16. The quantitative estimate of drug-likeness (QED) is 0.689. The summed E-state index contributed by atoms with van der Waals surface area (Å²) < 4.78 is 1.08. The van der Waals surface area contributed by atoms with Gasteiger partial charge in [-0.25, -0.2) is 4.98 Å². The van der Waals surface area contributed by atoms with Crippen LogP contribution in [0.1, 0.15) is 22.3 Å². The van der Waals surface area contributed by atoms with Gasteiger partial charge >= 0.3 is 0 Å². The Kier molecular flexibility index (Phi) is 5.20. The molecule has 2 aromatic carbocycles. The zero-order chi connectivity index (χ0) is 17.6. The molecule has 0 radical (unpaired) electrons. The zero-order valence-electron chi connectivity index (χ0n) is 13.7. The van der Waals surface area contributed by atoms with Gasteiger partial charge in [0.25, 0.3) is 5.91 Å². The Bertz CT molecular complexity index is 914. The molecule has 3 rings (SSSR count). The molecule has 0 saturated carbocycles. The number of hydrogen-bond acceptors (Lipinski definition) is 4. The zero-order valence-corrected chi connectivity index (χ0v) is 14.5. The van der Waals surface area contributed by atoms with Gasteiger partial charge in [-0.15, -0.1) is 11.3 Å². The van der Waals surface area contributed by atoms with Crippen LogP contribution in [0.5, 0.6) is 0 Å². The van der Waals surface area contributed by atoms with Crippen LogP contribution in [-0.2, 0) is 4.79 Å². The maximum atomic E-state index is 12.1. The van der Waals surface area contributed by atoms with Crippen molar-refractivity contribution in [3.8, 4) is 0 Å². The number of rotatable bonds is 5. The lowest BCUT2D eigenvalue weighted by atomic mass is 10.2. The molecule has 0 fully saturated rings. The van der Waals surface area contributed by atoms with Crippen molar-refractivity contribution in [2.24, 2.45) is 0 Å². The van der Waals surface area contributed by atoms with E-state index in [1.165, 1.54) is 17.4 Å². The van der Waals surface area contributed by atoms with E-state index in [1.807, 2.05) is 31.2 Å². The van der Waals surface area contributed by atoms with Crippen LogP contribution in [0.2, 0.25) is 0 Å². The lowest BCUT2D eigenvalue weighted by molar-refractivity contribution is -0.111. The van der Waals surface area contributed by atoms with Crippen LogP contribution in [0.4, 0.5) is 5.69 Å². The fourth-order valence-electron chi connectivity index (χ4n) is 2.29. The third-order valence-corrected chi connectivity index (χ3v) is 4.42. The Labute approximate surface area is 149 Å². The van der Waals surface area contributed by atoms with Crippen LogP contribution in [0.25, 0.3) is 16.3 Å². The van der Waals surface area contributed by atoms with E-state index in [4.69, 9.17) is 0 Å². The minimum atomic E-state index is -0.271. The van der Waals surface area contributed by atoms with Gasteiger partial charge in [0.1, 0.15) is 5.01 Å². The van der Waals surface area contributed by atoms with Crippen molar-refractivity contribution in [1.82, 2.24) is 10.3 Å². The van der Waals surface area contributed by atoms with Gasteiger partial charge < -0.3 is 10.6 Å². The molecule has 0 spiro atoms. The Morgan fingerprint density at radius 1 is 1.16 bits per heavy atom. The highest BCUT2D eigenvalue weighted by molar-refractivity contribution is 7.19. The maximum absolute atomic E-state index is 12.1. The summed E-state index contributed by atoms with van der Waals surface area (Å²) in [7, 11) is 0. The first kappa shape index (κ1) is 16.9. The topological polar surface area (TPSA) is 71.1 Å². The van der Waals surface area contributed by atoms with Crippen molar-refractivity contribution in [1.29, 1.82) is 0 Å². The number of carbonyl (C=O) groups is 2. The molecule has 2 N–H and O–H groups in total. The molecule has 0 aliphatic rings. The van der Waals surface area contributed by atoms with Crippen molar-refractivity contribution >= 4 is 45.1 Å². The summed E-state index contributed by atoms with van der Waals surface area (Å²) in [5, 5.41) is 6.25. The number of nitrogens with one attached hydrogen (secondary N) is 2. The molecule has 1 aromatic heterocycles. The van der Waals surface area contributed by atoms with Gasteiger partial charge in [0.05, 0.1) is 10.2 Å². The number of carbonyl (C=O) groups excluding carboxylic acids is 2. The largest absolute Gasteiger partial charge is 0.352 e. The second kappa shape index (κ2) is 7.72. The van der Waals surface area contributed by atoms with Crippen LogP contribution in [0.3, 0.4) is 0 Å². The number of anilines is 1. The molecule has 3 aromatic rings. The van der Waals surface area contributed by atoms with Gasteiger partial charge in [0, 0.05) is 23.9 Å². The first-order valence-electron chi connectivity index (χ1n) is 7.88. The van der Waals surface area contributed by atoms with Gasteiger partial charge in [0.2, 0.25) is 5.91 Å². The maximum Gasteiger partial charge on any atom is 0.251 e. The third kappa shape index (κ3) is 4.30. The van der Waals surface area contributed by atoms with Gasteiger partial charge in [-0.3, -0.25) is 9.59 Å². The van der Waals surface area contributed by atoms with Crippen LogP contribution in [0.15, 0.2) is 54.6 Å². The monoisotopic (exact) mass is 351 g/mol. The Morgan fingerprint density at radius 3 is 2.80 bits per heavy atom. The molecule has 2 amide bonds. The molecule has 5 nitrogen and oxygen atoms in total. The summed E-state index contributed by atoms with van der Waals surface area (Å²) in [5.41, 5.74) is 2.00. The first-order valence-corrected chi connectivity index (χ1v) is 8.70. The van der Waals surface area contributed by atoms with E-state index in [1.54, 1.807) is 30.3 Å². The molecule has 0 aliphatic heterocycles. The lowest BCUT2D eigenvalue weighted by Gasteiger charge is -2.05. The van der Waals surface area contributed by atoms with Crippen molar-refractivity contribution in [2.45, 2.75) is 6.92 Å². The lowest BCUT2D eigenvalue weighted by Crippen LogP contribution is -2.22. The number of fused-ring (bicyclic) bond motifs is 1. The summed E-state index contributed by atoms with van der Waals surface area (Å²) >= 11 is 1.53. The molecule has 0 aliphatic carbocycles. The van der Waals surface area contributed by atoms with E-state index in [0.29, 0.717) is 17.8 Å². The Hall–Kier alpha value is -2.99. The number of amides is 2. The summed E-state index contributed by atoms with van der Waals surface area (Å²) in [6.07, 6.45) is 3.13. The number of aromatic nitrogens is 1. The normalized spacial score (nSPS) is 10.9. The van der Waals surface area contributed by atoms with Crippen LogP contribution in [0, 0.1) is 0 Å². The Morgan fingerprint density at radius 2 is 2.00 bits per heavy atom. The van der Waals surface area contributed by atoms with Crippen molar-refractivity contribution in [3.05, 3.63) is 65.2 Å². The standard InChI is InChI=1S/C19H17N3O2S/c1-2-20-19(24)13-6-5-7-14(12-13)21-17(23)10-11-18-22-15-8-3-4-9-16(15)25-18/h3-12H,2H2,1H3,(H,20,24)(H,21,23)/b11-10+. The first-order chi connectivity index (χ1) is 12.2.